The average molecular weight is 434 g/mol. The Bertz CT molecular complexity index is 1140. The zero-order valence-electron chi connectivity index (χ0n) is 14.5. The molecule has 0 unspecified atom stereocenters. The Hall–Kier alpha value is -2.74. The second-order valence-electron chi connectivity index (χ2n) is 5.95. The van der Waals surface area contributed by atoms with E-state index < -0.39 is 17.4 Å². The molecule has 140 valence electrons. The van der Waals surface area contributed by atoms with Crippen molar-refractivity contribution in [1.29, 1.82) is 0 Å². The molecule has 3 rings (SSSR count). The fourth-order valence-electron chi connectivity index (χ4n) is 2.87. The molecule has 0 bridgehead atoms. The molecule has 27 heavy (non-hydrogen) atoms. The monoisotopic (exact) mass is 433 g/mol. The van der Waals surface area contributed by atoms with E-state index >= 15 is 0 Å². The van der Waals surface area contributed by atoms with Crippen LogP contribution in [0.25, 0.3) is 10.9 Å². The molecule has 0 radical (unpaired) electrons. The van der Waals surface area contributed by atoms with E-state index in [1.165, 1.54) is 10.6 Å². The van der Waals surface area contributed by atoms with Gasteiger partial charge in [0.1, 0.15) is 12.4 Å². The van der Waals surface area contributed by atoms with Gasteiger partial charge in [-0.05, 0) is 37.3 Å². The topological polar surface area (TPSA) is 73.1 Å². The summed E-state index contributed by atoms with van der Waals surface area (Å²) in [5.41, 5.74) is -0.217. The van der Waals surface area contributed by atoms with E-state index in [0.29, 0.717) is 20.9 Å². The number of hydrogen-bond donors (Lipinski definition) is 1. The van der Waals surface area contributed by atoms with Gasteiger partial charge in [-0.15, -0.1) is 0 Å². The number of rotatable bonds is 5. The summed E-state index contributed by atoms with van der Waals surface area (Å²) in [4.78, 5) is 37.4. The number of carbonyl (C=O) groups excluding carboxylic acids is 1. The number of nitrogens with zero attached hydrogens (tertiary/aromatic N) is 2. The van der Waals surface area contributed by atoms with E-state index in [1.807, 2.05) is 0 Å². The lowest BCUT2D eigenvalue weighted by molar-refractivity contribution is -0.121. The summed E-state index contributed by atoms with van der Waals surface area (Å²) in [6.45, 7) is 1.62. The van der Waals surface area contributed by atoms with Crippen LogP contribution in [0.4, 0.5) is 4.39 Å². The maximum Gasteiger partial charge on any atom is 0.331 e. The quantitative estimate of drug-likeness (QED) is 0.671. The van der Waals surface area contributed by atoms with Crippen LogP contribution in [0.5, 0.6) is 0 Å². The average Bonchev–Trinajstić information content (AvgIpc) is 2.66. The second-order valence-corrected chi connectivity index (χ2v) is 6.86. The summed E-state index contributed by atoms with van der Waals surface area (Å²) < 4.78 is 16.8. The van der Waals surface area contributed by atoms with Crippen molar-refractivity contribution < 1.29 is 9.18 Å². The minimum atomic E-state index is -0.551. The molecule has 1 N–H and O–H groups in total. The fraction of sp³-hybridized carbons (Fsp3) is 0.211. The normalized spacial score (nSPS) is 10.9. The van der Waals surface area contributed by atoms with Crippen molar-refractivity contribution in [2.75, 3.05) is 0 Å². The molecular formula is C19H17BrFN3O3. The molecule has 3 aromatic rings. The molecule has 0 aliphatic rings. The number of carbonyl (C=O) groups is 1. The highest BCUT2D eigenvalue weighted by molar-refractivity contribution is 9.10. The summed E-state index contributed by atoms with van der Waals surface area (Å²) >= 11 is 3.26. The number of nitrogens with one attached hydrogen (secondary N) is 1. The van der Waals surface area contributed by atoms with Crippen molar-refractivity contribution in [3.63, 3.8) is 0 Å². The molecule has 0 saturated carbocycles. The second kappa shape index (κ2) is 7.87. The van der Waals surface area contributed by atoms with Crippen molar-refractivity contribution in [3.05, 3.63) is 79.2 Å². The van der Waals surface area contributed by atoms with E-state index in [0.717, 1.165) is 4.57 Å². The molecule has 0 fully saturated rings. The Balaban J connectivity index is 1.90. The van der Waals surface area contributed by atoms with Gasteiger partial charge in [-0.2, -0.15) is 0 Å². The van der Waals surface area contributed by atoms with Crippen molar-refractivity contribution in [1.82, 2.24) is 14.5 Å². The van der Waals surface area contributed by atoms with Crippen LogP contribution in [0.3, 0.4) is 0 Å². The van der Waals surface area contributed by atoms with E-state index in [2.05, 4.69) is 21.2 Å². The van der Waals surface area contributed by atoms with Crippen LogP contribution in [-0.4, -0.2) is 15.0 Å². The third-order valence-electron chi connectivity index (χ3n) is 4.23. The fourth-order valence-corrected chi connectivity index (χ4v) is 3.28. The Morgan fingerprint density at radius 3 is 2.63 bits per heavy atom. The third kappa shape index (κ3) is 3.85. The van der Waals surface area contributed by atoms with Crippen molar-refractivity contribution >= 4 is 32.7 Å². The van der Waals surface area contributed by atoms with Gasteiger partial charge in [0.05, 0.1) is 10.9 Å². The first-order valence-electron chi connectivity index (χ1n) is 8.35. The minimum absolute atomic E-state index is 0.00972. The first kappa shape index (κ1) is 19.0. The maximum absolute atomic E-state index is 13.8. The smallest absolute Gasteiger partial charge is 0.331 e. The van der Waals surface area contributed by atoms with Gasteiger partial charge in [-0.1, -0.05) is 28.1 Å². The van der Waals surface area contributed by atoms with Gasteiger partial charge in [-0.3, -0.25) is 18.7 Å². The lowest BCUT2D eigenvalue weighted by Crippen LogP contribution is -2.42. The van der Waals surface area contributed by atoms with Crippen LogP contribution in [0.1, 0.15) is 12.5 Å². The summed E-state index contributed by atoms with van der Waals surface area (Å²) in [7, 11) is 0. The summed E-state index contributed by atoms with van der Waals surface area (Å²) in [5.74, 6) is -0.886. The third-order valence-corrected chi connectivity index (χ3v) is 4.73. The molecule has 2 aromatic carbocycles. The van der Waals surface area contributed by atoms with Gasteiger partial charge in [0.25, 0.3) is 5.56 Å². The zero-order chi connectivity index (χ0) is 19.6. The Morgan fingerprint density at radius 2 is 1.89 bits per heavy atom. The Morgan fingerprint density at radius 1 is 1.15 bits per heavy atom. The van der Waals surface area contributed by atoms with E-state index in [-0.39, 0.29) is 25.2 Å². The van der Waals surface area contributed by atoms with Gasteiger partial charge in [0.15, 0.2) is 0 Å². The molecule has 1 amide bonds. The number of hydrogen-bond acceptors (Lipinski definition) is 3. The van der Waals surface area contributed by atoms with Crippen LogP contribution in [-0.2, 0) is 24.4 Å². The number of amides is 1. The molecular weight excluding hydrogens is 417 g/mol. The maximum atomic E-state index is 13.8. The molecule has 8 heteroatoms. The highest BCUT2D eigenvalue weighted by atomic mass is 79.9. The molecule has 0 saturated heterocycles. The first-order chi connectivity index (χ1) is 12.9. The SMILES string of the molecule is CCn1c(=O)c2ccccc2n(CC(=O)NCc2cc(Br)ccc2F)c1=O. The standard InChI is InChI=1S/C19H17BrFN3O3/c1-2-23-18(26)14-5-3-4-6-16(14)24(19(23)27)11-17(25)22-10-12-9-13(20)7-8-15(12)21/h3-9H,2,10-11H2,1H3,(H,22,25). The molecule has 6 nitrogen and oxygen atoms in total. The molecule has 0 aliphatic heterocycles. The largest absolute Gasteiger partial charge is 0.350 e. The molecule has 0 spiro atoms. The number of halogens is 2. The van der Waals surface area contributed by atoms with Gasteiger partial charge in [-0.25, -0.2) is 9.18 Å². The Labute approximate surface area is 162 Å². The van der Waals surface area contributed by atoms with Crippen molar-refractivity contribution in [3.8, 4) is 0 Å². The van der Waals surface area contributed by atoms with Crippen molar-refractivity contribution in [2.45, 2.75) is 26.6 Å². The summed E-state index contributed by atoms with van der Waals surface area (Å²) in [6.07, 6.45) is 0. The lowest BCUT2D eigenvalue weighted by Gasteiger charge is -2.13. The van der Waals surface area contributed by atoms with Gasteiger partial charge >= 0.3 is 5.69 Å². The minimum Gasteiger partial charge on any atom is -0.350 e. The van der Waals surface area contributed by atoms with Crippen LogP contribution in [0.15, 0.2) is 56.5 Å². The Kier molecular flexibility index (Phi) is 5.55. The van der Waals surface area contributed by atoms with Crippen molar-refractivity contribution in [2.24, 2.45) is 0 Å². The zero-order valence-corrected chi connectivity index (χ0v) is 16.1. The molecule has 0 atom stereocenters. The number of aromatic nitrogens is 2. The highest BCUT2D eigenvalue weighted by Crippen LogP contribution is 2.15. The van der Waals surface area contributed by atoms with E-state index in [9.17, 15) is 18.8 Å². The van der Waals surface area contributed by atoms with E-state index in [4.69, 9.17) is 0 Å². The van der Waals surface area contributed by atoms with Crippen LogP contribution >= 0.6 is 15.9 Å². The molecule has 1 aromatic heterocycles. The number of fused-ring (bicyclic) bond motifs is 1. The highest BCUT2D eigenvalue weighted by Gasteiger charge is 2.14. The van der Waals surface area contributed by atoms with Gasteiger partial charge in [0, 0.05) is 23.1 Å². The number of benzene rings is 2. The number of para-hydroxylation sites is 1. The van der Waals surface area contributed by atoms with Gasteiger partial charge in [0.2, 0.25) is 5.91 Å². The lowest BCUT2D eigenvalue weighted by atomic mass is 10.2. The predicted molar refractivity (Wildman–Crippen MR) is 104 cm³/mol. The summed E-state index contributed by atoms with van der Waals surface area (Å²) in [5, 5.41) is 2.98. The predicted octanol–water partition coefficient (Wildman–Crippen LogP) is 2.40. The van der Waals surface area contributed by atoms with Crippen LogP contribution in [0.2, 0.25) is 0 Å². The summed E-state index contributed by atoms with van der Waals surface area (Å²) in [6, 6.07) is 11.1. The van der Waals surface area contributed by atoms with E-state index in [1.54, 1.807) is 43.3 Å². The molecule has 0 aliphatic carbocycles. The van der Waals surface area contributed by atoms with Crippen LogP contribution in [0, 0.1) is 5.82 Å². The molecule has 1 heterocycles. The first-order valence-corrected chi connectivity index (χ1v) is 9.14. The van der Waals surface area contributed by atoms with Gasteiger partial charge < -0.3 is 5.32 Å². The van der Waals surface area contributed by atoms with Crippen LogP contribution < -0.4 is 16.6 Å².